The number of ketones is 1. The summed E-state index contributed by atoms with van der Waals surface area (Å²) in [7, 11) is 0. The second-order valence-electron chi connectivity index (χ2n) is 4.20. The van der Waals surface area contributed by atoms with Crippen LogP contribution in [0.4, 0.5) is 0 Å². The Bertz CT molecular complexity index is 534. The summed E-state index contributed by atoms with van der Waals surface area (Å²) in [4.78, 5) is 23.4. The molecular formula is C14H14ClNO2. The number of carbonyl (C=O) groups is 2. The summed E-state index contributed by atoms with van der Waals surface area (Å²) in [5, 5.41) is 2.65. The zero-order chi connectivity index (χ0) is 13.1. The lowest BCUT2D eigenvalue weighted by molar-refractivity contribution is -0.118. The minimum Gasteiger partial charge on any atom is -0.323 e. The van der Waals surface area contributed by atoms with Crippen LogP contribution in [0.1, 0.15) is 35.7 Å². The Balaban J connectivity index is 2.43. The maximum Gasteiger partial charge on any atom is 0.221 e. The fourth-order valence-electron chi connectivity index (χ4n) is 2.16. The fraction of sp³-hybridized carbons (Fsp3) is 0.286. The molecule has 0 unspecified atom stereocenters. The van der Waals surface area contributed by atoms with Crippen LogP contribution in [0.15, 0.2) is 30.0 Å². The number of Topliss-reactive ketones (excluding diaryl/α,β-unsaturated/α-hetero) is 1. The SMILES string of the molecule is CC(=O)NC1=C(CCCCl)c2ccccc2C1=O. The van der Waals surface area contributed by atoms with E-state index in [1.54, 1.807) is 6.07 Å². The van der Waals surface area contributed by atoms with E-state index in [-0.39, 0.29) is 11.7 Å². The maximum atomic E-state index is 12.2. The van der Waals surface area contributed by atoms with E-state index >= 15 is 0 Å². The maximum absolute atomic E-state index is 12.2. The first-order valence-corrected chi connectivity index (χ1v) is 6.39. The lowest BCUT2D eigenvalue weighted by Crippen LogP contribution is -2.23. The van der Waals surface area contributed by atoms with Gasteiger partial charge in [0.25, 0.3) is 0 Å². The first-order chi connectivity index (χ1) is 8.65. The summed E-state index contributed by atoms with van der Waals surface area (Å²) in [6.45, 7) is 1.41. The van der Waals surface area contributed by atoms with Gasteiger partial charge in [-0.3, -0.25) is 9.59 Å². The molecular weight excluding hydrogens is 250 g/mol. The summed E-state index contributed by atoms with van der Waals surface area (Å²) < 4.78 is 0. The molecule has 1 amide bonds. The van der Waals surface area contributed by atoms with E-state index in [1.807, 2.05) is 18.2 Å². The molecule has 0 saturated carbocycles. The van der Waals surface area contributed by atoms with Gasteiger partial charge in [-0.15, -0.1) is 11.6 Å². The summed E-state index contributed by atoms with van der Waals surface area (Å²) in [5.74, 6) is 0.202. The van der Waals surface area contributed by atoms with E-state index in [9.17, 15) is 9.59 Å². The molecule has 0 aliphatic heterocycles. The molecule has 94 valence electrons. The molecule has 4 heteroatoms. The van der Waals surface area contributed by atoms with Crippen molar-refractivity contribution < 1.29 is 9.59 Å². The monoisotopic (exact) mass is 263 g/mol. The van der Waals surface area contributed by atoms with Crippen molar-refractivity contribution >= 4 is 28.9 Å². The van der Waals surface area contributed by atoms with Crippen LogP contribution in [0.25, 0.3) is 5.57 Å². The number of fused-ring (bicyclic) bond motifs is 1. The van der Waals surface area contributed by atoms with Crippen molar-refractivity contribution in [2.45, 2.75) is 19.8 Å². The van der Waals surface area contributed by atoms with Gasteiger partial charge >= 0.3 is 0 Å². The molecule has 0 fully saturated rings. The third kappa shape index (κ3) is 2.31. The second-order valence-corrected chi connectivity index (χ2v) is 4.58. The quantitative estimate of drug-likeness (QED) is 0.849. The molecule has 18 heavy (non-hydrogen) atoms. The molecule has 0 bridgehead atoms. The van der Waals surface area contributed by atoms with Crippen molar-refractivity contribution in [2.75, 3.05) is 5.88 Å². The smallest absolute Gasteiger partial charge is 0.221 e. The van der Waals surface area contributed by atoms with Gasteiger partial charge in [-0.05, 0) is 24.0 Å². The van der Waals surface area contributed by atoms with Gasteiger partial charge in [0, 0.05) is 18.4 Å². The van der Waals surface area contributed by atoms with Crippen LogP contribution in [0.5, 0.6) is 0 Å². The topological polar surface area (TPSA) is 46.2 Å². The van der Waals surface area contributed by atoms with E-state index in [0.29, 0.717) is 23.6 Å². The Labute approximate surface area is 111 Å². The van der Waals surface area contributed by atoms with Gasteiger partial charge in [0.05, 0.1) is 5.70 Å². The Hall–Kier alpha value is -1.61. The summed E-state index contributed by atoms with van der Waals surface area (Å²) >= 11 is 5.70. The highest BCUT2D eigenvalue weighted by Gasteiger charge is 2.29. The first-order valence-electron chi connectivity index (χ1n) is 5.86. The molecule has 1 N–H and O–H groups in total. The Morgan fingerprint density at radius 1 is 1.28 bits per heavy atom. The predicted molar refractivity (Wildman–Crippen MR) is 71.5 cm³/mol. The van der Waals surface area contributed by atoms with Gasteiger partial charge in [0.1, 0.15) is 0 Å². The molecule has 0 radical (unpaired) electrons. The summed E-state index contributed by atoms with van der Waals surface area (Å²) in [6.07, 6.45) is 1.48. The molecule has 1 aliphatic rings. The standard InChI is InChI=1S/C14H14ClNO2/c1-9(17)16-13-11(7-4-8-15)10-5-2-3-6-12(10)14(13)18/h2-3,5-6H,4,7-8H2,1H3,(H,16,17,18). The van der Waals surface area contributed by atoms with Gasteiger partial charge < -0.3 is 5.32 Å². The van der Waals surface area contributed by atoms with E-state index in [4.69, 9.17) is 11.6 Å². The number of carbonyl (C=O) groups excluding carboxylic acids is 2. The lowest BCUT2D eigenvalue weighted by Gasteiger charge is -2.06. The zero-order valence-electron chi connectivity index (χ0n) is 10.1. The largest absolute Gasteiger partial charge is 0.323 e. The Morgan fingerprint density at radius 3 is 2.56 bits per heavy atom. The van der Waals surface area contributed by atoms with Crippen LogP contribution in [0.3, 0.4) is 0 Å². The van der Waals surface area contributed by atoms with Gasteiger partial charge in [0.2, 0.25) is 11.7 Å². The summed E-state index contributed by atoms with van der Waals surface area (Å²) in [6, 6.07) is 7.41. The number of alkyl halides is 1. The molecule has 1 aromatic rings. The Morgan fingerprint density at radius 2 is 1.94 bits per heavy atom. The van der Waals surface area contributed by atoms with Crippen molar-refractivity contribution in [3.05, 3.63) is 41.1 Å². The highest BCUT2D eigenvalue weighted by molar-refractivity contribution is 6.21. The highest BCUT2D eigenvalue weighted by atomic mass is 35.5. The van der Waals surface area contributed by atoms with Crippen molar-refractivity contribution in [3.63, 3.8) is 0 Å². The number of hydrogen-bond acceptors (Lipinski definition) is 2. The molecule has 0 spiro atoms. The minimum atomic E-state index is -0.227. The molecule has 1 aromatic carbocycles. The van der Waals surface area contributed by atoms with Crippen molar-refractivity contribution in [2.24, 2.45) is 0 Å². The number of halogens is 1. The number of benzene rings is 1. The molecule has 0 atom stereocenters. The average Bonchev–Trinajstić information content (AvgIpc) is 2.61. The number of allylic oxidation sites excluding steroid dienone is 2. The fourth-order valence-corrected chi connectivity index (χ4v) is 2.30. The van der Waals surface area contributed by atoms with Crippen molar-refractivity contribution in [1.29, 1.82) is 0 Å². The third-order valence-corrected chi connectivity index (χ3v) is 3.15. The van der Waals surface area contributed by atoms with Gasteiger partial charge in [-0.2, -0.15) is 0 Å². The van der Waals surface area contributed by atoms with Crippen LogP contribution in [-0.4, -0.2) is 17.6 Å². The lowest BCUT2D eigenvalue weighted by atomic mass is 10.0. The van der Waals surface area contributed by atoms with E-state index in [0.717, 1.165) is 17.6 Å². The zero-order valence-corrected chi connectivity index (χ0v) is 10.9. The van der Waals surface area contributed by atoms with Crippen LogP contribution in [0.2, 0.25) is 0 Å². The molecule has 0 saturated heterocycles. The Kier molecular flexibility index (Phi) is 3.82. The van der Waals surface area contributed by atoms with Gasteiger partial charge in [-0.1, -0.05) is 24.3 Å². The predicted octanol–water partition coefficient (Wildman–Crippen LogP) is 2.75. The van der Waals surface area contributed by atoms with Crippen LogP contribution >= 0.6 is 11.6 Å². The first kappa shape index (κ1) is 12.8. The third-order valence-electron chi connectivity index (χ3n) is 2.89. The summed E-state index contributed by atoms with van der Waals surface area (Å²) in [5.41, 5.74) is 2.88. The normalized spacial score (nSPS) is 13.8. The number of amides is 1. The number of nitrogens with one attached hydrogen (secondary N) is 1. The molecule has 0 heterocycles. The van der Waals surface area contributed by atoms with Crippen LogP contribution in [-0.2, 0) is 4.79 Å². The minimum absolute atomic E-state index is 0.106. The van der Waals surface area contributed by atoms with Crippen LogP contribution < -0.4 is 5.32 Å². The van der Waals surface area contributed by atoms with E-state index in [1.165, 1.54) is 6.92 Å². The molecule has 0 aromatic heterocycles. The van der Waals surface area contributed by atoms with E-state index < -0.39 is 0 Å². The highest BCUT2D eigenvalue weighted by Crippen LogP contribution is 2.34. The molecule has 1 aliphatic carbocycles. The second kappa shape index (κ2) is 5.36. The molecule has 2 rings (SSSR count). The van der Waals surface area contributed by atoms with Crippen LogP contribution in [0, 0.1) is 0 Å². The average molecular weight is 264 g/mol. The van der Waals surface area contributed by atoms with Crippen molar-refractivity contribution in [1.82, 2.24) is 5.32 Å². The van der Waals surface area contributed by atoms with Gasteiger partial charge in [0.15, 0.2) is 0 Å². The van der Waals surface area contributed by atoms with E-state index in [2.05, 4.69) is 5.32 Å². The number of rotatable bonds is 4. The van der Waals surface area contributed by atoms with Gasteiger partial charge in [-0.25, -0.2) is 0 Å². The molecule has 3 nitrogen and oxygen atoms in total. The van der Waals surface area contributed by atoms with Crippen molar-refractivity contribution in [3.8, 4) is 0 Å². The number of hydrogen-bond donors (Lipinski definition) is 1.